The summed E-state index contributed by atoms with van der Waals surface area (Å²) in [6, 6.07) is 6.92. The van der Waals surface area contributed by atoms with Crippen LogP contribution in [0.5, 0.6) is 0 Å². The van der Waals surface area contributed by atoms with Crippen molar-refractivity contribution >= 4 is 26.0 Å². The Kier molecular flexibility index (Phi) is 3.87. The van der Waals surface area contributed by atoms with Gasteiger partial charge in [-0.2, -0.15) is 4.31 Å². The van der Waals surface area contributed by atoms with Gasteiger partial charge in [0.15, 0.2) is 0 Å². The Morgan fingerprint density at radius 3 is 2.76 bits per heavy atom. The normalized spacial score (nSPS) is 22.6. The van der Waals surface area contributed by atoms with Crippen LogP contribution in [-0.2, 0) is 10.0 Å². The molecule has 1 saturated heterocycles. The summed E-state index contributed by atoms with van der Waals surface area (Å²) in [6.07, 6.45) is 0. The highest BCUT2D eigenvalue weighted by atomic mass is 79.9. The summed E-state index contributed by atoms with van der Waals surface area (Å²) in [5.41, 5.74) is 0. The Hall–Kier alpha value is -0.430. The topological polar surface area (TPSA) is 49.4 Å². The van der Waals surface area contributed by atoms with Gasteiger partial charge >= 0.3 is 0 Å². The van der Waals surface area contributed by atoms with E-state index in [1.807, 2.05) is 13.0 Å². The monoisotopic (exact) mass is 318 g/mol. The minimum Gasteiger partial charge on any atom is -0.314 e. The second-order valence-corrected chi connectivity index (χ2v) is 6.81. The van der Waals surface area contributed by atoms with Crippen LogP contribution in [-0.4, -0.2) is 38.4 Å². The van der Waals surface area contributed by atoms with Gasteiger partial charge in [0, 0.05) is 30.1 Å². The van der Waals surface area contributed by atoms with Crippen molar-refractivity contribution in [1.29, 1.82) is 0 Å². The van der Waals surface area contributed by atoms with Gasteiger partial charge in [0.05, 0.1) is 4.90 Å². The number of hydrogen-bond donors (Lipinski definition) is 1. The van der Waals surface area contributed by atoms with Gasteiger partial charge < -0.3 is 5.32 Å². The zero-order valence-corrected chi connectivity index (χ0v) is 12.0. The summed E-state index contributed by atoms with van der Waals surface area (Å²) in [5.74, 6) is 0. The first kappa shape index (κ1) is 13.0. The molecule has 1 heterocycles. The molecule has 0 aromatic heterocycles. The number of hydrogen-bond acceptors (Lipinski definition) is 3. The van der Waals surface area contributed by atoms with Gasteiger partial charge in [0.2, 0.25) is 10.0 Å². The van der Waals surface area contributed by atoms with E-state index in [2.05, 4.69) is 21.2 Å². The highest BCUT2D eigenvalue weighted by molar-refractivity contribution is 9.10. The van der Waals surface area contributed by atoms with Crippen LogP contribution in [0, 0.1) is 0 Å². The van der Waals surface area contributed by atoms with Gasteiger partial charge in [0.25, 0.3) is 0 Å². The lowest BCUT2D eigenvalue weighted by Gasteiger charge is -2.33. The van der Waals surface area contributed by atoms with Crippen LogP contribution in [0.1, 0.15) is 6.92 Å². The predicted molar refractivity (Wildman–Crippen MR) is 70.4 cm³/mol. The van der Waals surface area contributed by atoms with Crippen LogP contribution in [0.4, 0.5) is 0 Å². The smallest absolute Gasteiger partial charge is 0.244 e. The van der Waals surface area contributed by atoms with E-state index >= 15 is 0 Å². The third kappa shape index (κ3) is 2.54. The molecule has 0 amide bonds. The number of rotatable bonds is 2. The highest BCUT2D eigenvalue weighted by Crippen LogP contribution is 2.26. The first-order chi connectivity index (χ1) is 8.03. The molecule has 6 heteroatoms. The van der Waals surface area contributed by atoms with Crippen molar-refractivity contribution in [3.8, 4) is 0 Å². The molecule has 0 saturated carbocycles. The van der Waals surface area contributed by atoms with Crippen molar-refractivity contribution in [1.82, 2.24) is 9.62 Å². The third-order valence-corrected chi connectivity index (χ3v) is 5.89. The molecule has 1 N–H and O–H groups in total. The fourth-order valence-corrected chi connectivity index (χ4v) is 4.56. The van der Waals surface area contributed by atoms with E-state index in [1.54, 1.807) is 22.5 Å². The SMILES string of the molecule is C[C@H]1CNCCN1S(=O)(=O)c1ccccc1Br. The van der Waals surface area contributed by atoms with Gasteiger partial charge in [-0.25, -0.2) is 8.42 Å². The predicted octanol–water partition coefficient (Wildman–Crippen LogP) is 1.43. The zero-order valence-electron chi connectivity index (χ0n) is 9.56. The summed E-state index contributed by atoms with van der Waals surface area (Å²) < 4.78 is 27.1. The number of nitrogens with zero attached hydrogens (tertiary/aromatic N) is 1. The summed E-state index contributed by atoms with van der Waals surface area (Å²) in [7, 11) is -3.40. The van der Waals surface area contributed by atoms with E-state index in [9.17, 15) is 8.42 Å². The molecule has 1 aromatic rings. The molecule has 94 valence electrons. The molecule has 2 rings (SSSR count). The molecule has 0 spiro atoms. The van der Waals surface area contributed by atoms with Crippen LogP contribution in [0.25, 0.3) is 0 Å². The zero-order chi connectivity index (χ0) is 12.5. The molecule has 0 aliphatic carbocycles. The first-order valence-corrected chi connectivity index (χ1v) is 7.74. The standard InChI is InChI=1S/C11H15BrN2O2S/c1-9-8-13-6-7-14(9)17(15,16)11-5-3-2-4-10(11)12/h2-5,9,13H,6-8H2,1H3/t9-/m0/s1. The van der Waals surface area contributed by atoms with Crippen molar-refractivity contribution in [3.05, 3.63) is 28.7 Å². The van der Waals surface area contributed by atoms with Crippen molar-refractivity contribution in [2.24, 2.45) is 0 Å². The van der Waals surface area contributed by atoms with E-state index < -0.39 is 10.0 Å². The average Bonchev–Trinajstić information content (AvgIpc) is 2.29. The molecule has 1 fully saturated rings. The van der Waals surface area contributed by atoms with Gasteiger partial charge in [-0.3, -0.25) is 0 Å². The number of nitrogens with one attached hydrogen (secondary N) is 1. The van der Waals surface area contributed by atoms with Crippen molar-refractivity contribution in [2.45, 2.75) is 17.9 Å². The maximum atomic E-state index is 12.5. The number of sulfonamides is 1. The Labute approximate surface area is 110 Å². The molecule has 0 unspecified atom stereocenters. The maximum absolute atomic E-state index is 12.5. The van der Waals surface area contributed by atoms with E-state index in [1.165, 1.54) is 0 Å². The summed E-state index contributed by atoms with van der Waals surface area (Å²) in [5, 5.41) is 3.18. The molecular formula is C11H15BrN2O2S. The van der Waals surface area contributed by atoms with Crippen LogP contribution in [0.3, 0.4) is 0 Å². The lowest BCUT2D eigenvalue weighted by atomic mass is 10.3. The van der Waals surface area contributed by atoms with Gasteiger partial charge in [-0.1, -0.05) is 12.1 Å². The van der Waals surface area contributed by atoms with Crippen LogP contribution in [0.15, 0.2) is 33.6 Å². The second kappa shape index (κ2) is 5.06. The quantitative estimate of drug-likeness (QED) is 0.897. The third-order valence-electron chi connectivity index (χ3n) is 2.86. The largest absolute Gasteiger partial charge is 0.314 e. The Morgan fingerprint density at radius 2 is 2.12 bits per heavy atom. The Morgan fingerprint density at radius 1 is 1.41 bits per heavy atom. The van der Waals surface area contributed by atoms with E-state index in [4.69, 9.17) is 0 Å². The first-order valence-electron chi connectivity index (χ1n) is 5.50. The fraction of sp³-hybridized carbons (Fsp3) is 0.455. The molecule has 1 aliphatic rings. The minimum absolute atomic E-state index is 0.0131. The molecule has 0 radical (unpaired) electrons. The number of halogens is 1. The van der Waals surface area contributed by atoms with E-state index in [0.717, 1.165) is 0 Å². The van der Waals surface area contributed by atoms with Crippen LogP contribution in [0.2, 0.25) is 0 Å². The van der Waals surface area contributed by atoms with Crippen LogP contribution < -0.4 is 5.32 Å². The van der Waals surface area contributed by atoms with Crippen molar-refractivity contribution in [3.63, 3.8) is 0 Å². The van der Waals surface area contributed by atoms with Gasteiger partial charge in [-0.05, 0) is 35.0 Å². The van der Waals surface area contributed by atoms with Crippen molar-refractivity contribution < 1.29 is 8.42 Å². The minimum atomic E-state index is -3.40. The lowest BCUT2D eigenvalue weighted by Crippen LogP contribution is -2.52. The summed E-state index contributed by atoms with van der Waals surface area (Å²) in [6.45, 7) is 3.84. The average molecular weight is 319 g/mol. The van der Waals surface area contributed by atoms with Gasteiger partial charge in [-0.15, -0.1) is 0 Å². The second-order valence-electron chi connectivity index (χ2n) is 4.10. The maximum Gasteiger partial charge on any atom is 0.244 e. The molecule has 4 nitrogen and oxygen atoms in total. The Balaban J connectivity index is 2.39. The van der Waals surface area contributed by atoms with Gasteiger partial charge in [0.1, 0.15) is 0 Å². The molecule has 1 aliphatic heterocycles. The molecular weight excluding hydrogens is 304 g/mol. The molecule has 1 atom stereocenters. The van der Waals surface area contributed by atoms with Crippen LogP contribution >= 0.6 is 15.9 Å². The summed E-state index contributed by atoms with van der Waals surface area (Å²) in [4.78, 5) is 0.341. The van der Waals surface area contributed by atoms with E-state index in [0.29, 0.717) is 29.0 Å². The molecule has 0 bridgehead atoms. The Bertz CT molecular complexity index is 504. The van der Waals surface area contributed by atoms with Crippen molar-refractivity contribution in [2.75, 3.05) is 19.6 Å². The number of benzene rings is 1. The van der Waals surface area contributed by atoms with E-state index in [-0.39, 0.29) is 6.04 Å². The number of piperazine rings is 1. The summed E-state index contributed by atoms with van der Waals surface area (Å²) >= 11 is 3.30. The fourth-order valence-electron chi connectivity index (χ4n) is 1.96. The highest BCUT2D eigenvalue weighted by Gasteiger charge is 2.31. The molecule has 1 aromatic carbocycles. The molecule has 17 heavy (non-hydrogen) atoms. The lowest BCUT2D eigenvalue weighted by molar-refractivity contribution is 0.283.